The molecule has 0 bridgehead atoms. The summed E-state index contributed by atoms with van der Waals surface area (Å²) in [6.07, 6.45) is 32.7. The third-order valence-corrected chi connectivity index (χ3v) is 3.35. The zero-order valence-corrected chi connectivity index (χ0v) is 16.9. The lowest BCUT2D eigenvalue weighted by Crippen LogP contribution is -1.84. The molecule has 1 N–H and O–H groups in total. The summed E-state index contributed by atoms with van der Waals surface area (Å²) < 4.78 is 0. The highest BCUT2D eigenvalue weighted by Crippen LogP contribution is 2.08. The number of carboxylic acids is 1. The summed E-state index contributed by atoms with van der Waals surface area (Å²) in [5, 5.41) is 15.7. The molecule has 27 heavy (non-hydrogen) atoms. The minimum atomic E-state index is -0.936. The number of rotatable bonds is 14. The Hall–Kier alpha value is -2.60. The van der Waals surface area contributed by atoms with Gasteiger partial charge in [0.2, 0.25) is 0 Å². The SMILES string of the molecule is CC#N.CCCCCCCCCC=CC=CC=CC=CC=CC=CC(=O)O. The van der Waals surface area contributed by atoms with E-state index in [1.54, 1.807) is 18.2 Å². The molecule has 0 amide bonds. The van der Waals surface area contributed by atoms with Gasteiger partial charge in [0.05, 0.1) is 6.07 Å². The Kier molecular flexibility index (Phi) is 25.3. The second kappa shape index (κ2) is 25.6. The minimum Gasteiger partial charge on any atom is -0.478 e. The first kappa shape index (κ1) is 26.6. The van der Waals surface area contributed by atoms with Crippen molar-refractivity contribution >= 4 is 5.97 Å². The number of carboxylic acid groups (broad SMARTS) is 1. The number of nitriles is 1. The molecule has 0 fully saturated rings. The minimum absolute atomic E-state index is 0.936. The van der Waals surface area contributed by atoms with Gasteiger partial charge < -0.3 is 5.11 Å². The average molecular weight is 370 g/mol. The molecule has 0 aromatic rings. The van der Waals surface area contributed by atoms with Gasteiger partial charge in [0.1, 0.15) is 0 Å². The maximum absolute atomic E-state index is 10.2. The van der Waals surface area contributed by atoms with Gasteiger partial charge in [-0.1, -0.05) is 112 Å². The van der Waals surface area contributed by atoms with Crippen molar-refractivity contribution in [3.63, 3.8) is 0 Å². The fraction of sp³-hybridized carbons (Fsp3) is 0.417. The Labute approximate surface area is 165 Å². The summed E-state index contributed by atoms with van der Waals surface area (Å²) in [6, 6.07) is 1.75. The second-order valence-electron chi connectivity index (χ2n) is 5.80. The zero-order chi connectivity index (χ0) is 20.4. The van der Waals surface area contributed by atoms with Gasteiger partial charge in [-0.2, -0.15) is 5.26 Å². The number of allylic oxidation sites excluding steroid dienone is 11. The van der Waals surface area contributed by atoms with E-state index in [1.165, 1.54) is 57.9 Å². The van der Waals surface area contributed by atoms with Gasteiger partial charge in [0.25, 0.3) is 0 Å². The van der Waals surface area contributed by atoms with Crippen LogP contribution in [0.25, 0.3) is 0 Å². The van der Waals surface area contributed by atoms with Gasteiger partial charge in [-0.25, -0.2) is 4.79 Å². The number of unbranched alkanes of at least 4 members (excludes halogenated alkanes) is 7. The molecule has 0 heterocycles. The van der Waals surface area contributed by atoms with Crippen molar-refractivity contribution in [2.45, 2.75) is 65.2 Å². The van der Waals surface area contributed by atoms with Gasteiger partial charge in [0.15, 0.2) is 0 Å². The zero-order valence-electron chi connectivity index (χ0n) is 16.9. The van der Waals surface area contributed by atoms with Crippen molar-refractivity contribution in [3.05, 3.63) is 72.9 Å². The highest BCUT2D eigenvalue weighted by atomic mass is 16.4. The van der Waals surface area contributed by atoms with E-state index in [2.05, 4.69) is 19.1 Å². The molecule has 0 aliphatic carbocycles. The Bertz CT molecular complexity index is 543. The fourth-order valence-electron chi connectivity index (χ4n) is 2.05. The van der Waals surface area contributed by atoms with E-state index >= 15 is 0 Å². The molecule has 0 aliphatic rings. The van der Waals surface area contributed by atoms with E-state index in [0.29, 0.717) is 0 Å². The third-order valence-electron chi connectivity index (χ3n) is 3.35. The number of hydrogen-bond donors (Lipinski definition) is 1. The van der Waals surface area contributed by atoms with E-state index in [1.807, 2.05) is 36.5 Å². The lowest BCUT2D eigenvalue weighted by molar-refractivity contribution is -0.131. The molecular weight excluding hydrogens is 334 g/mol. The van der Waals surface area contributed by atoms with Crippen LogP contribution in [0.3, 0.4) is 0 Å². The second-order valence-corrected chi connectivity index (χ2v) is 5.80. The van der Waals surface area contributed by atoms with E-state index < -0.39 is 5.97 Å². The largest absolute Gasteiger partial charge is 0.478 e. The van der Waals surface area contributed by atoms with Crippen LogP contribution in [0.15, 0.2) is 72.9 Å². The number of aliphatic carboxylic acids is 1. The molecule has 3 nitrogen and oxygen atoms in total. The molecule has 0 aromatic heterocycles. The van der Waals surface area contributed by atoms with Crippen molar-refractivity contribution in [3.8, 4) is 6.07 Å². The number of carbonyl (C=O) groups is 1. The topological polar surface area (TPSA) is 61.1 Å². The number of hydrogen-bond acceptors (Lipinski definition) is 2. The van der Waals surface area contributed by atoms with Crippen molar-refractivity contribution in [2.24, 2.45) is 0 Å². The predicted octanol–water partition coefficient (Wildman–Crippen LogP) is 7.08. The molecule has 0 spiro atoms. The highest BCUT2D eigenvalue weighted by Gasteiger charge is 1.88. The molecule has 0 radical (unpaired) electrons. The molecule has 0 unspecified atom stereocenters. The van der Waals surface area contributed by atoms with Crippen LogP contribution >= 0.6 is 0 Å². The van der Waals surface area contributed by atoms with Gasteiger partial charge in [-0.3, -0.25) is 0 Å². The van der Waals surface area contributed by atoms with Crippen molar-refractivity contribution < 1.29 is 9.90 Å². The van der Waals surface area contributed by atoms with E-state index in [0.717, 1.165) is 12.5 Å². The van der Waals surface area contributed by atoms with E-state index in [4.69, 9.17) is 10.4 Å². The summed E-state index contributed by atoms with van der Waals surface area (Å²) in [5.74, 6) is -0.936. The molecule has 3 heteroatoms. The van der Waals surface area contributed by atoms with Crippen molar-refractivity contribution in [2.75, 3.05) is 0 Å². The normalized spacial score (nSPS) is 11.9. The van der Waals surface area contributed by atoms with Crippen LogP contribution in [0.2, 0.25) is 0 Å². The van der Waals surface area contributed by atoms with Crippen LogP contribution in [0, 0.1) is 11.3 Å². The van der Waals surface area contributed by atoms with Gasteiger partial charge >= 0.3 is 5.97 Å². The molecule has 0 atom stereocenters. The molecule has 0 saturated carbocycles. The summed E-state index contributed by atoms with van der Waals surface area (Å²) in [5.41, 5.74) is 0. The first-order chi connectivity index (χ1) is 13.2. The molecule has 0 aliphatic heterocycles. The van der Waals surface area contributed by atoms with Crippen LogP contribution < -0.4 is 0 Å². The summed E-state index contributed by atoms with van der Waals surface area (Å²) in [7, 11) is 0. The third kappa shape index (κ3) is 31.7. The fourth-order valence-corrected chi connectivity index (χ4v) is 2.05. The predicted molar refractivity (Wildman–Crippen MR) is 116 cm³/mol. The quantitative estimate of drug-likeness (QED) is 0.202. The number of nitrogens with zero attached hydrogens (tertiary/aromatic N) is 1. The molecule has 0 saturated heterocycles. The van der Waals surface area contributed by atoms with E-state index in [9.17, 15) is 4.79 Å². The maximum atomic E-state index is 10.2. The lowest BCUT2D eigenvalue weighted by Gasteiger charge is -1.98. The Morgan fingerprint density at radius 3 is 1.67 bits per heavy atom. The molecule has 0 aromatic carbocycles. The van der Waals surface area contributed by atoms with Crippen LogP contribution in [-0.2, 0) is 4.79 Å². The Balaban J connectivity index is 0. The van der Waals surface area contributed by atoms with Crippen molar-refractivity contribution in [1.29, 1.82) is 5.26 Å². The first-order valence-electron chi connectivity index (χ1n) is 9.72. The Morgan fingerprint density at radius 1 is 0.778 bits per heavy atom. The van der Waals surface area contributed by atoms with Gasteiger partial charge in [-0.15, -0.1) is 0 Å². The van der Waals surface area contributed by atoms with Crippen LogP contribution in [0.4, 0.5) is 0 Å². The van der Waals surface area contributed by atoms with Gasteiger partial charge in [-0.05, 0) is 12.8 Å². The monoisotopic (exact) mass is 369 g/mol. The van der Waals surface area contributed by atoms with Crippen LogP contribution in [0.1, 0.15) is 65.2 Å². The van der Waals surface area contributed by atoms with Crippen LogP contribution in [0.5, 0.6) is 0 Å². The lowest BCUT2D eigenvalue weighted by atomic mass is 10.1. The van der Waals surface area contributed by atoms with Crippen molar-refractivity contribution in [1.82, 2.24) is 0 Å². The first-order valence-corrected chi connectivity index (χ1v) is 9.72. The standard InChI is InChI=1S/C22H32O2.C2H3N/c1-2-3-4-5-6-7-8-9-10-11-12-13-14-15-16-17-18-19-20-21-22(23)24;1-2-3/h10-21H,2-9H2,1H3,(H,23,24);1H3. The highest BCUT2D eigenvalue weighted by molar-refractivity contribution is 5.80. The summed E-state index contributed by atoms with van der Waals surface area (Å²) in [4.78, 5) is 10.2. The van der Waals surface area contributed by atoms with E-state index in [-0.39, 0.29) is 0 Å². The van der Waals surface area contributed by atoms with Crippen LogP contribution in [-0.4, -0.2) is 11.1 Å². The molecule has 0 rings (SSSR count). The van der Waals surface area contributed by atoms with Gasteiger partial charge in [0, 0.05) is 13.0 Å². The smallest absolute Gasteiger partial charge is 0.328 e. The molecular formula is C24H35NO2. The molecule has 148 valence electrons. The summed E-state index contributed by atoms with van der Waals surface area (Å²) in [6.45, 7) is 3.68. The average Bonchev–Trinajstić information content (AvgIpc) is 2.64. The Morgan fingerprint density at radius 2 is 1.19 bits per heavy atom. The maximum Gasteiger partial charge on any atom is 0.328 e. The summed E-state index contributed by atoms with van der Waals surface area (Å²) >= 11 is 0.